The van der Waals surface area contributed by atoms with Gasteiger partial charge in [-0.05, 0) is 37.1 Å². The SMILES string of the molecule is O=C(c1ccccc1)c1ccc(NC2CCN(C(=O)c3ccco3)CC2)c([N+](=O)[O-])c1. The lowest BCUT2D eigenvalue weighted by Crippen LogP contribution is -2.42. The zero-order chi connectivity index (χ0) is 21.8. The standard InChI is InChI=1S/C23H21N3O5/c27-22(16-5-2-1-3-6-16)17-8-9-19(20(15-17)26(29)30)24-18-10-12-25(13-11-18)23(28)21-7-4-14-31-21/h1-9,14-15,18,24H,10-13H2. The summed E-state index contributed by atoms with van der Waals surface area (Å²) in [5, 5.41) is 14.9. The number of likely N-dealkylation sites (tertiary alicyclic amines) is 1. The van der Waals surface area contributed by atoms with Crippen LogP contribution in [0.25, 0.3) is 0 Å². The van der Waals surface area contributed by atoms with Gasteiger partial charge in [0.15, 0.2) is 11.5 Å². The van der Waals surface area contributed by atoms with E-state index in [4.69, 9.17) is 4.42 Å². The van der Waals surface area contributed by atoms with Crippen molar-refractivity contribution in [1.29, 1.82) is 0 Å². The van der Waals surface area contributed by atoms with E-state index in [2.05, 4.69) is 5.32 Å². The van der Waals surface area contributed by atoms with Gasteiger partial charge in [-0.2, -0.15) is 0 Å². The van der Waals surface area contributed by atoms with Gasteiger partial charge in [-0.1, -0.05) is 30.3 Å². The van der Waals surface area contributed by atoms with Gasteiger partial charge in [0.1, 0.15) is 5.69 Å². The Labute approximate surface area is 178 Å². The molecular weight excluding hydrogens is 398 g/mol. The van der Waals surface area contributed by atoms with E-state index >= 15 is 0 Å². The molecule has 31 heavy (non-hydrogen) atoms. The number of ketones is 1. The summed E-state index contributed by atoms with van der Waals surface area (Å²) < 4.78 is 5.17. The lowest BCUT2D eigenvalue weighted by molar-refractivity contribution is -0.384. The summed E-state index contributed by atoms with van der Waals surface area (Å²) in [5.74, 6) is -0.112. The Morgan fingerprint density at radius 3 is 2.39 bits per heavy atom. The first-order valence-electron chi connectivity index (χ1n) is 10.0. The number of nitrogens with zero attached hydrogens (tertiary/aromatic N) is 2. The third-order valence-corrected chi connectivity index (χ3v) is 5.37. The van der Waals surface area contributed by atoms with E-state index in [1.165, 1.54) is 12.3 Å². The Balaban J connectivity index is 1.44. The number of piperidine rings is 1. The number of hydrogen-bond acceptors (Lipinski definition) is 6. The Kier molecular flexibility index (Phi) is 5.79. The fourth-order valence-corrected chi connectivity index (χ4v) is 3.71. The third kappa shape index (κ3) is 4.48. The first-order valence-corrected chi connectivity index (χ1v) is 10.0. The molecule has 0 aliphatic carbocycles. The van der Waals surface area contributed by atoms with E-state index in [1.54, 1.807) is 59.5 Å². The zero-order valence-corrected chi connectivity index (χ0v) is 16.7. The smallest absolute Gasteiger partial charge is 0.293 e. The number of rotatable bonds is 6. The second-order valence-electron chi connectivity index (χ2n) is 7.37. The average Bonchev–Trinajstić information content (AvgIpc) is 3.34. The predicted molar refractivity (Wildman–Crippen MR) is 114 cm³/mol. The van der Waals surface area contributed by atoms with E-state index < -0.39 is 4.92 Å². The number of hydrogen-bond donors (Lipinski definition) is 1. The molecule has 1 aliphatic heterocycles. The number of carbonyl (C=O) groups is 2. The molecule has 1 aromatic heterocycles. The van der Waals surface area contributed by atoms with Gasteiger partial charge in [-0.15, -0.1) is 0 Å². The van der Waals surface area contributed by atoms with Gasteiger partial charge in [0.05, 0.1) is 11.2 Å². The molecule has 1 saturated heterocycles. The maximum Gasteiger partial charge on any atom is 0.293 e. The molecule has 8 nitrogen and oxygen atoms in total. The number of nitrogens with one attached hydrogen (secondary N) is 1. The van der Waals surface area contributed by atoms with Crippen LogP contribution in [0.1, 0.15) is 39.3 Å². The minimum absolute atomic E-state index is 0.0185. The van der Waals surface area contributed by atoms with Gasteiger partial charge >= 0.3 is 0 Å². The Morgan fingerprint density at radius 1 is 1.00 bits per heavy atom. The molecule has 8 heteroatoms. The van der Waals surface area contributed by atoms with Crippen molar-refractivity contribution in [3.63, 3.8) is 0 Å². The van der Waals surface area contributed by atoms with E-state index in [-0.39, 0.29) is 29.0 Å². The lowest BCUT2D eigenvalue weighted by Gasteiger charge is -2.32. The van der Waals surface area contributed by atoms with Crippen molar-refractivity contribution in [3.8, 4) is 0 Å². The number of amides is 1. The second kappa shape index (κ2) is 8.83. The highest BCUT2D eigenvalue weighted by molar-refractivity contribution is 6.09. The Bertz CT molecular complexity index is 1090. The molecule has 3 aromatic rings. The molecule has 1 aliphatic rings. The Morgan fingerprint density at radius 2 is 1.74 bits per heavy atom. The minimum atomic E-state index is -0.486. The van der Waals surface area contributed by atoms with Crippen molar-refractivity contribution in [2.45, 2.75) is 18.9 Å². The summed E-state index contributed by atoms with van der Waals surface area (Å²) in [5.41, 5.74) is 0.967. The van der Waals surface area contributed by atoms with E-state index in [1.807, 2.05) is 0 Å². The fraction of sp³-hybridized carbons (Fsp3) is 0.217. The van der Waals surface area contributed by atoms with Crippen molar-refractivity contribution in [2.24, 2.45) is 0 Å². The zero-order valence-electron chi connectivity index (χ0n) is 16.7. The normalized spacial score (nSPS) is 14.3. The molecule has 0 atom stereocenters. The number of benzene rings is 2. The van der Waals surface area contributed by atoms with Crippen LogP contribution in [0, 0.1) is 10.1 Å². The van der Waals surface area contributed by atoms with Crippen molar-refractivity contribution < 1.29 is 18.9 Å². The number of nitro benzene ring substituents is 1. The largest absolute Gasteiger partial charge is 0.459 e. The predicted octanol–water partition coefficient (Wildman–Crippen LogP) is 4.14. The number of nitro groups is 1. The molecule has 158 valence electrons. The highest BCUT2D eigenvalue weighted by atomic mass is 16.6. The molecule has 1 N–H and O–H groups in total. The molecule has 1 amide bonds. The van der Waals surface area contributed by atoms with Gasteiger partial charge < -0.3 is 14.6 Å². The molecular formula is C23H21N3O5. The van der Waals surface area contributed by atoms with Crippen LogP contribution in [0.4, 0.5) is 11.4 Å². The summed E-state index contributed by atoms with van der Waals surface area (Å²) in [6, 6.07) is 16.4. The third-order valence-electron chi connectivity index (χ3n) is 5.37. The van der Waals surface area contributed by atoms with Gasteiger partial charge in [-0.25, -0.2) is 0 Å². The Hall–Kier alpha value is -3.94. The molecule has 0 unspecified atom stereocenters. The van der Waals surface area contributed by atoms with Crippen LogP contribution in [0.3, 0.4) is 0 Å². The average molecular weight is 419 g/mol. The van der Waals surface area contributed by atoms with Crippen LogP contribution < -0.4 is 5.32 Å². The quantitative estimate of drug-likeness (QED) is 0.366. The van der Waals surface area contributed by atoms with Gasteiger partial charge in [0, 0.05) is 36.3 Å². The summed E-state index contributed by atoms with van der Waals surface area (Å²) in [4.78, 5) is 37.9. The van der Waals surface area contributed by atoms with E-state index in [0.29, 0.717) is 42.9 Å². The minimum Gasteiger partial charge on any atom is -0.459 e. The highest BCUT2D eigenvalue weighted by Crippen LogP contribution is 2.29. The molecule has 2 heterocycles. The number of furan rings is 1. The van der Waals surface area contributed by atoms with Crippen LogP contribution in [0.15, 0.2) is 71.3 Å². The molecule has 0 bridgehead atoms. The van der Waals surface area contributed by atoms with E-state index in [0.717, 1.165) is 0 Å². The summed E-state index contributed by atoms with van der Waals surface area (Å²) in [6.07, 6.45) is 2.76. The molecule has 0 saturated carbocycles. The highest BCUT2D eigenvalue weighted by Gasteiger charge is 2.27. The second-order valence-corrected chi connectivity index (χ2v) is 7.37. The van der Waals surface area contributed by atoms with Crippen LogP contribution in [-0.4, -0.2) is 40.6 Å². The number of anilines is 1. The van der Waals surface area contributed by atoms with Crippen LogP contribution in [0.5, 0.6) is 0 Å². The van der Waals surface area contributed by atoms with Crippen molar-refractivity contribution in [2.75, 3.05) is 18.4 Å². The monoisotopic (exact) mass is 419 g/mol. The maximum atomic E-state index is 12.6. The summed E-state index contributed by atoms with van der Waals surface area (Å²) >= 11 is 0. The number of carbonyl (C=O) groups excluding carboxylic acids is 2. The maximum absolute atomic E-state index is 12.6. The van der Waals surface area contributed by atoms with Gasteiger partial charge in [0.25, 0.3) is 11.6 Å². The first-order chi connectivity index (χ1) is 15.0. The lowest BCUT2D eigenvalue weighted by atomic mass is 10.0. The molecule has 0 spiro atoms. The first kappa shape index (κ1) is 20.3. The van der Waals surface area contributed by atoms with Gasteiger partial charge in [-0.3, -0.25) is 19.7 Å². The summed E-state index contributed by atoms with van der Waals surface area (Å²) in [7, 11) is 0. The van der Waals surface area contributed by atoms with Crippen molar-refractivity contribution >= 4 is 23.1 Å². The van der Waals surface area contributed by atoms with Gasteiger partial charge in [0.2, 0.25) is 0 Å². The van der Waals surface area contributed by atoms with Crippen LogP contribution in [-0.2, 0) is 0 Å². The topological polar surface area (TPSA) is 106 Å². The molecule has 1 fully saturated rings. The molecule has 2 aromatic carbocycles. The van der Waals surface area contributed by atoms with Crippen molar-refractivity contribution in [3.05, 3.63) is 93.9 Å². The van der Waals surface area contributed by atoms with Crippen molar-refractivity contribution in [1.82, 2.24) is 4.90 Å². The molecule has 4 rings (SSSR count). The van der Waals surface area contributed by atoms with Crippen LogP contribution in [0.2, 0.25) is 0 Å². The molecule has 0 radical (unpaired) electrons. The summed E-state index contributed by atoms with van der Waals surface area (Å²) in [6.45, 7) is 1.05. The van der Waals surface area contributed by atoms with E-state index in [9.17, 15) is 19.7 Å². The van der Waals surface area contributed by atoms with Crippen LogP contribution >= 0.6 is 0 Å². The fourth-order valence-electron chi connectivity index (χ4n) is 3.71.